The molecule has 0 spiro atoms. The van der Waals surface area contributed by atoms with Gasteiger partial charge in [-0.05, 0) is 37.8 Å². The van der Waals surface area contributed by atoms with Gasteiger partial charge < -0.3 is 5.73 Å². The second kappa shape index (κ2) is 5.22. The van der Waals surface area contributed by atoms with E-state index in [1.54, 1.807) is 0 Å². The molecule has 0 saturated heterocycles. The van der Waals surface area contributed by atoms with E-state index in [1.165, 1.54) is 10.5 Å². The van der Waals surface area contributed by atoms with Crippen LogP contribution >= 0.6 is 11.8 Å². The Bertz CT molecular complexity index is 235. The van der Waals surface area contributed by atoms with E-state index in [-0.39, 0.29) is 0 Å². The van der Waals surface area contributed by atoms with Gasteiger partial charge in [0.15, 0.2) is 0 Å². The molecule has 2 N–H and O–H groups in total. The number of hydrogen-bond acceptors (Lipinski definition) is 2. The van der Waals surface area contributed by atoms with Gasteiger partial charge in [0.1, 0.15) is 0 Å². The normalized spacial score (nSPS) is 10.2. The second-order valence-corrected chi connectivity index (χ2v) is 3.98. The summed E-state index contributed by atoms with van der Waals surface area (Å²) in [6.07, 6.45) is 1.10. The maximum atomic E-state index is 5.41. The summed E-state index contributed by atoms with van der Waals surface area (Å²) in [5, 5.41) is 0. The van der Waals surface area contributed by atoms with Gasteiger partial charge in [0.25, 0.3) is 0 Å². The number of benzene rings is 1. The summed E-state index contributed by atoms with van der Waals surface area (Å²) in [5.74, 6) is 1.12. The van der Waals surface area contributed by atoms with Crippen LogP contribution in [0.4, 0.5) is 0 Å². The molecule has 0 aliphatic heterocycles. The maximum Gasteiger partial charge on any atom is 0.00745 e. The molecule has 0 heterocycles. The molecule has 0 aromatic heterocycles. The number of nitrogens with two attached hydrogens (primary N) is 1. The Morgan fingerprint density at radius 2 is 2.25 bits per heavy atom. The van der Waals surface area contributed by atoms with Crippen molar-refractivity contribution in [3.8, 4) is 0 Å². The summed E-state index contributed by atoms with van der Waals surface area (Å²) in [7, 11) is 0. The van der Waals surface area contributed by atoms with Gasteiger partial charge in [0, 0.05) is 4.90 Å². The van der Waals surface area contributed by atoms with Crippen molar-refractivity contribution in [2.45, 2.75) is 18.2 Å². The average molecular weight is 181 g/mol. The van der Waals surface area contributed by atoms with Gasteiger partial charge in [-0.3, -0.25) is 0 Å². The van der Waals surface area contributed by atoms with E-state index in [9.17, 15) is 0 Å². The summed E-state index contributed by atoms with van der Waals surface area (Å²) in [5.41, 5.74) is 6.74. The van der Waals surface area contributed by atoms with Crippen LogP contribution in [0.25, 0.3) is 0 Å². The lowest BCUT2D eigenvalue weighted by molar-refractivity contribution is 0.943. The molecule has 12 heavy (non-hydrogen) atoms. The van der Waals surface area contributed by atoms with Gasteiger partial charge in [-0.2, -0.15) is 0 Å². The van der Waals surface area contributed by atoms with Crippen LogP contribution in [0.2, 0.25) is 0 Å². The Balaban J connectivity index is 2.41. The Morgan fingerprint density at radius 1 is 1.42 bits per heavy atom. The molecule has 2 heteroatoms. The van der Waals surface area contributed by atoms with E-state index in [1.807, 2.05) is 11.8 Å². The van der Waals surface area contributed by atoms with Crippen molar-refractivity contribution in [3.63, 3.8) is 0 Å². The Hall–Kier alpha value is -0.470. The molecule has 0 unspecified atom stereocenters. The lowest BCUT2D eigenvalue weighted by atomic mass is 10.2. The molecule has 66 valence electrons. The molecule has 1 rings (SSSR count). The monoisotopic (exact) mass is 181 g/mol. The van der Waals surface area contributed by atoms with Crippen molar-refractivity contribution in [3.05, 3.63) is 29.8 Å². The first-order valence-electron chi connectivity index (χ1n) is 4.22. The Labute approximate surface area is 78.4 Å². The van der Waals surface area contributed by atoms with Gasteiger partial charge >= 0.3 is 0 Å². The molecule has 1 aromatic carbocycles. The molecule has 1 aromatic rings. The molecular weight excluding hydrogens is 166 g/mol. The van der Waals surface area contributed by atoms with Crippen LogP contribution in [0.15, 0.2) is 29.2 Å². The van der Waals surface area contributed by atoms with E-state index in [0.717, 1.165) is 18.7 Å². The third kappa shape index (κ3) is 3.28. The van der Waals surface area contributed by atoms with E-state index >= 15 is 0 Å². The minimum Gasteiger partial charge on any atom is -0.330 e. The fourth-order valence-electron chi connectivity index (χ4n) is 0.978. The van der Waals surface area contributed by atoms with Gasteiger partial charge in [0.05, 0.1) is 0 Å². The fraction of sp³-hybridized carbons (Fsp3) is 0.400. The van der Waals surface area contributed by atoms with E-state index in [2.05, 4.69) is 31.2 Å². The smallest absolute Gasteiger partial charge is 0.00745 e. The first-order valence-corrected chi connectivity index (χ1v) is 5.21. The van der Waals surface area contributed by atoms with Crippen LogP contribution in [0.3, 0.4) is 0 Å². The predicted molar refractivity (Wildman–Crippen MR) is 55.6 cm³/mol. The van der Waals surface area contributed by atoms with Gasteiger partial charge in [-0.15, -0.1) is 11.8 Å². The first kappa shape index (κ1) is 9.62. The molecule has 1 nitrogen and oxygen atoms in total. The van der Waals surface area contributed by atoms with Crippen molar-refractivity contribution < 1.29 is 0 Å². The number of rotatable bonds is 4. The molecule has 0 fully saturated rings. The van der Waals surface area contributed by atoms with Crippen molar-refractivity contribution in [1.82, 2.24) is 0 Å². The third-order valence-electron chi connectivity index (χ3n) is 1.61. The highest BCUT2D eigenvalue weighted by Gasteiger charge is 1.92. The van der Waals surface area contributed by atoms with Gasteiger partial charge in [-0.25, -0.2) is 0 Å². The highest BCUT2D eigenvalue weighted by atomic mass is 32.2. The Morgan fingerprint density at radius 3 is 2.92 bits per heavy atom. The van der Waals surface area contributed by atoms with Crippen molar-refractivity contribution in [1.29, 1.82) is 0 Å². The van der Waals surface area contributed by atoms with Crippen LogP contribution in [0.1, 0.15) is 12.0 Å². The SMILES string of the molecule is Cc1cccc(SCCCN)c1. The molecule has 0 aliphatic rings. The van der Waals surface area contributed by atoms with Crippen molar-refractivity contribution >= 4 is 11.8 Å². The summed E-state index contributed by atoms with van der Waals surface area (Å²) in [6, 6.07) is 8.57. The zero-order valence-electron chi connectivity index (χ0n) is 7.42. The first-order chi connectivity index (χ1) is 5.83. The van der Waals surface area contributed by atoms with Crippen molar-refractivity contribution in [2.75, 3.05) is 12.3 Å². The van der Waals surface area contributed by atoms with Crippen LogP contribution in [0, 0.1) is 6.92 Å². The molecule has 0 bridgehead atoms. The highest BCUT2D eigenvalue weighted by Crippen LogP contribution is 2.18. The van der Waals surface area contributed by atoms with E-state index in [4.69, 9.17) is 5.73 Å². The van der Waals surface area contributed by atoms with E-state index in [0.29, 0.717) is 0 Å². The quantitative estimate of drug-likeness (QED) is 0.570. The zero-order chi connectivity index (χ0) is 8.81. The van der Waals surface area contributed by atoms with Crippen LogP contribution in [0.5, 0.6) is 0 Å². The second-order valence-electron chi connectivity index (χ2n) is 2.81. The van der Waals surface area contributed by atoms with Gasteiger partial charge in [0.2, 0.25) is 0 Å². The molecule has 0 radical (unpaired) electrons. The zero-order valence-corrected chi connectivity index (χ0v) is 8.23. The molecule has 0 aliphatic carbocycles. The topological polar surface area (TPSA) is 26.0 Å². The standard InChI is InChI=1S/C10H15NS/c1-9-4-2-5-10(8-9)12-7-3-6-11/h2,4-5,8H,3,6-7,11H2,1H3. The average Bonchev–Trinajstić information content (AvgIpc) is 2.05. The summed E-state index contributed by atoms with van der Waals surface area (Å²) < 4.78 is 0. The lowest BCUT2D eigenvalue weighted by Crippen LogP contribution is -1.99. The maximum absolute atomic E-state index is 5.41. The molecule has 0 atom stereocenters. The van der Waals surface area contributed by atoms with Crippen LogP contribution in [-0.4, -0.2) is 12.3 Å². The molecule has 0 saturated carbocycles. The highest BCUT2D eigenvalue weighted by molar-refractivity contribution is 7.99. The number of hydrogen-bond donors (Lipinski definition) is 1. The van der Waals surface area contributed by atoms with Crippen LogP contribution < -0.4 is 5.73 Å². The fourth-order valence-corrected chi connectivity index (χ4v) is 1.97. The third-order valence-corrected chi connectivity index (χ3v) is 2.69. The van der Waals surface area contributed by atoms with Crippen molar-refractivity contribution in [2.24, 2.45) is 5.73 Å². The summed E-state index contributed by atoms with van der Waals surface area (Å²) in [6.45, 7) is 2.91. The van der Waals surface area contributed by atoms with Crippen LogP contribution in [-0.2, 0) is 0 Å². The number of aryl methyl sites for hydroxylation is 1. The molecular formula is C10H15NS. The largest absolute Gasteiger partial charge is 0.330 e. The van der Waals surface area contributed by atoms with E-state index < -0.39 is 0 Å². The minimum absolute atomic E-state index is 0.790. The number of thioether (sulfide) groups is 1. The predicted octanol–water partition coefficient (Wildman–Crippen LogP) is 2.44. The van der Waals surface area contributed by atoms with Gasteiger partial charge in [-0.1, -0.05) is 17.7 Å². The minimum atomic E-state index is 0.790. The Kier molecular flexibility index (Phi) is 4.19. The molecule has 0 amide bonds. The summed E-state index contributed by atoms with van der Waals surface area (Å²) >= 11 is 1.88. The lowest BCUT2D eigenvalue weighted by Gasteiger charge is -2.00. The summed E-state index contributed by atoms with van der Waals surface area (Å²) in [4.78, 5) is 1.35.